The molecule has 0 aromatic heterocycles. The summed E-state index contributed by atoms with van der Waals surface area (Å²) in [6.07, 6.45) is 0.770. The molecule has 0 heterocycles. The van der Waals surface area contributed by atoms with E-state index in [0.717, 1.165) is 0 Å². The molecule has 2 N–H and O–H groups in total. The van der Waals surface area contributed by atoms with Gasteiger partial charge in [0.1, 0.15) is 0 Å². The third kappa shape index (κ3) is 6.42. The number of rotatable bonds is 15. The minimum atomic E-state index is -2.78. The maximum Gasteiger partial charge on any atom is 0.347 e. The molecule has 0 amide bonds. The number of ether oxygens (including phenoxy) is 4. The Labute approximate surface area is 200 Å². The average molecular weight is 475 g/mol. The first kappa shape index (κ1) is 27.5. The standard InChI is InChI=1S/C26H34O8/c1-3-31-17-11-19-33-23(27)25(29,21-13-7-5-8-14-21)26(30,22-15-9-6-10-16-22)24(28)34-20-12-18-32-4-2/h5-10,13-16,29-30H,3-4,11-12,17-20H2,1-2H3. The highest BCUT2D eigenvalue weighted by molar-refractivity contribution is 5.94. The van der Waals surface area contributed by atoms with Crippen LogP contribution in [-0.4, -0.2) is 61.8 Å². The Morgan fingerprint density at radius 3 is 1.32 bits per heavy atom. The first-order valence-corrected chi connectivity index (χ1v) is 11.5. The number of carbonyl (C=O) groups excluding carboxylic acids is 2. The van der Waals surface area contributed by atoms with Crippen molar-refractivity contribution in [2.75, 3.05) is 39.6 Å². The maximum atomic E-state index is 13.3. The van der Waals surface area contributed by atoms with E-state index in [1.54, 1.807) is 36.4 Å². The van der Waals surface area contributed by atoms with Crippen molar-refractivity contribution in [3.63, 3.8) is 0 Å². The monoisotopic (exact) mass is 474 g/mol. The average Bonchev–Trinajstić information content (AvgIpc) is 2.88. The summed E-state index contributed by atoms with van der Waals surface area (Å²) >= 11 is 0. The van der Waals surface area contributed by atoms with Crippen molar-refractivity contribution in [1.82, 2.24) is 0 Å². The van der Waals surface area contributed by atoms with Gasteiger partial charge in [-0.25, -0.2) is 9.59 Å². The third-order valence-corrected chi connectivity index (χ3v) is 5.24. The maximum absolute atomic E-state index is 13.3. The van der Waals surface area contributed by atoms with Gasteiger partial charge in [-0.2, -0.15) is 0 Å². The van der Waals surface area contributed by atoms with Crippen molar-refractivity contribution in [1.29, 1.82) is 0 Å². The van der Waals surface area contributed by atoms with Gasteiger partial charge in [-0.05, 0) is 25.0 Å². The van der Waals surface area contributed by atoms with Crippen LogP contribution in [0.2, 0.25) is 0 Å². The van der Waals surface area contributed by atoms with E-state index in [0.29, 0.717) is 39.3 Å². The van der Waals surface area contributed by atoms with Crippen LogP contribution in [0.5, 0.6) is 0 Å². The summed E-state index contributed by atoms with van der Waals surface area (Å²) in [4.78, 5) is 26.7. The second kappa shape index (κ2) is 13.8. The van der Waals surface area contributed by atoms with Crippen LogP contribution in [0.1, 0.15) is 37.8 Å². The molecule has 0 saturated carbocycles. The first-order valence-electron chi connectivity index (χ1n) is 11.5. The van der Waals surface area contributed by atoms with E-state index >= 15 is 0 Å². The molecule has 0 bridgehead atoms. The number of esters is 2. The Morgan fingerprint density at radius 2 is 1.00 bits per heavy atom. The smallest absolute Gasteiger partial charge is 0.347 e. The van der Waals surface area contributed by atoms with E-state index in [-0.39, 0.29) is 24.3 Å². The van der Waals surface area contributed by atoms with Crippen molar-refractivity contribution in [3.8, 4) is 0 Å². The largest absolute Gasteiger partial charge is 0.463 e. The van der Waals surface area contributed by atoms with E-state index in [1.807, 2.05) is 13.8 Å². The van der Waals surface area contributed by atoms with Gasteiger partial charge in [0.25, 0.3) is 0 Å². The van der Waals surface area contributed by atoms with Crippen LogP contribution in [0.25, 0.3) is 0 Å². The van der Waals surface area contributed by atoms with Crippen molar-refractivity contribution in [2.24, 2.45) is 0 Å². The number of hydrogen-bond acceptors (Lipinski definition) is 8. The molecule has 2 atom stereocenters. The molecule has 0 aliphatic rings. The Balaban J connectivity index is 2.45. The fourth-order valence-corrected chi connectivity index (χ4v) is 3.46. The molecule has 2 rings (SSSR count). The number of hydrogen-bond donors (Lipinski definition) is 2. The van der Waals surface area contributed by atoms with Crippen LogP contribution in [0.3, 0.4) is 0 Å². The lowest BCUT2D eigenvalue weighted by Gasteiger charge is -2.40. The highest BCUT2D eigenvalue weighted by Crippen LogP contribution is 2.43. The van der Waals surface area contributed by atoms with Gasteiger partial charge in [0.15, 0.2) is 0 Å². The summed E-state index contributed by atoms with van der Waals surface area (Å²) in [6.45, 7) is 5.32. The van der Waals surface area contributed by atoms with E-state index in [1.165, 1.54) is 24.3 Å². The lowest BCUT2D eigenvalue weighted by Crippen LogP contribution is -2.60. The summed E-state index contributed by atoms with van der Waals surface area (Å²) in [6, 6.07) is 15.5. The van der Waals surface area contributed by atoms with Gasteiger partial charge in [0.2, 0.25) is 11.2 Å². The molecule has 0 aliphatic heterocycles. The SMILES string of the molecule is CCOCCCOC(=O)C(O)(c1ccccc1)C(O)(C(=O)OCCCOCC)c1ccccc1. The molecule has 2 aromatic rings. The Morgan fingerprint density at radius 1 is 0.647 bits per heavy atom. The fraction of sp³-hybridized carbons (Fsp3) is 0.462. The predicted octanol–water partition coefficient (Wildman–Crippen LogP) is 2.70. The molecule has 2 aromatic carbocycles. The third-order valence-electron chi connectivity index (χ3n) is 5.24. The zero-order valence-corrected chi connectivity index (χ0v) is 19.8. The lowest BCUT2D eigenvalue weighted by molar-refractivity contribution is -0.220. The highest BCUT2D eigenvalue weighted by Gasteiger charge is 2.64. The van der Waals surface area contributed by atoms with Gasteiger partial charge < -0.3 is 29.2 Å². The minimum absolute atomic E-state index is 0.0116. The van der Waals surface area contributed by atoms with Gasteiger partial charge in [0.05, 0.1) is 13.2 Å². The van der Waals surface area contributed by atoms with Crippen LogP contribution < -0.4 is 0 Å². The topological polar surface area (TPSA) is 112 Å². The van der Waals surface area contributed by atoms with E-state index < -0.39 is 23.1 Å². The van der Waals surface area contributed by atoms with E-state index in [9.17, 15) is 19.8 Å². The molecule has 0 spiro atoms. The highest BCUT2D eigenvalue weighted by atomic mass is 16.6. The molecular formula is C26H34O8. The lowest BCUT2D eigenvalue weighted by atomic mass is 9.73. The summed E-state index contributed by atoms with van der Waals surface area (Å²) in [5.41, 5.74) is -5.58. The van der Waals surface area contributed by atoms with Gasteiger partial charge in [-0.15, -0.1) is 0 Å². The molecule has 0 saturated heterocycles. The van der Waals surface area contributed by atoms with Crippen molar-refractivity contribution in [3.05, 3.63) is 71.8 Å². The Kier molecular flexibility index (Phi) is 11.2. The zero-order valence-electron chi connectivity index (χ0n) is 19.8. The molecule has 8 heteroatoms. The van der Waals surface area contributed by atoms with Crippen molar-refractivity contribution >= 4 is 11.9 Å². The summed E-state index contributed by atoms with van der Waals surface area (Å²) < 4.78 is 21.1. The normalized spacial score (nSPS) is 14.6. The van der Waals surface area contributed by atoms with Crippen molar-refractivity contribution < 1.29 is 38.7 Å². The molecule has 8 nitrogen and oxygen atoms in total. The van der Waals surface area contributed by atoms with Gasteiger partial charge in [0, 0.05) is 39.3 Å². The minimum Gasteiger partial charge on any atom is -0.463 e. The second-order valence-corrected chi connectivity index (χ2v) is 7.53. The Hall–Kier alpha value is -2.78. The zero-order chi connectivity index (χ0) is 24.9. The van der Waals surface area contributed by atoms with Crippen LogP contribution in [0, 0.1) is 0 Å². The molecule has 2 unspecified atom stereocenters. The predicted molar refractivity (Wildman–Crippen MR) is 125 cm³/mol. The van der Waals surface area contributed by atoms with Gasteiger partial charge in [-0.3, -0.25) is 0 Å². The molecule has 186 valence electrons. The van der Waals surface area contributed by atoms with Gasteiger partial charge in [-0.1, -0.05) is 60.7 Å². The second-order valence-electron chi connectivity index (χ2n) is 7.53. The molecule has 34 heavy (non-hydrogen) atoms. The fourth-order valence-electron chi connectivity index (χ4n) is 3.46. The first-order chi connectivity index (χ1) is 16.4. The van der Waals surface area contributed by atoms with Crippen LogP contribution in [0.4, 0.5) is 0 Å². The quantitative estimate of drug-likeness (QED) is 0.299. The van der Waals surface area contributed by atoms with Gasteiger partial charge >= 0.3 is 11.9 Å². The van der Waals surface area contributed by atoms with Crippen LogP contribution in [0.15, 0.2) is 60.7 Å². The molecule has 0 aliphatic carbocycles. The van der Waals surface area contributed by atoms with E-state index in [4.69, 9.17) is 18.9 Å². The van der Waals surface area contributed by atoms with E-state index in [2.05, 4.69) is 0 Å². The van der Waals surface area contributed by atoms with Crippen LogP contribution >= 0.6 is 0 Å². The number of benzene rings is 2. The Bertz CT molecular complexity index is 799. The number of aliphatic hydroxyl groups is 2. The summed E-state index contributed by atoms with van der Waals surface area (Å²) in [5.74, 6) is -2.35. The summed E-state index contributed by atoms with van der Waals surface area (Å²) in [7, 11) is 0. The molecule has 0 radical (unpaired) electrons. The number of carbonyl (C=O) groups is 2. The molecule has 0 fully saturated rings. The summed E-state index contributed by atoms with van der Waals surface area (Å²) in [5, 5.41) is 23.7. The van der Waals surface area contributed by atoms with Crippen molar-refractivity contribution in [2.45, 2.75) is 37.9 Å². The molecular weight excluding hydrogens is 440 g/mol. The van der Waals surface area contributed by atoms with Crippen LogP contribution in [-0.2, 0) is 39.7 Å².